The van der Waals surface area contributed by atoms with E-state index in [0.29, 0.717) is 50.3 Å². The highest BCUT2D eigenvalue weighted by Crippen LogP contribution is 2.38. The number of rotatable bonds is 13. The maximum Gasteiger partial charge on any atom is 0.418 e. The lowest BCUT2D eigenvalue weighted by atomic mass is 10.0. The van der Waals surface area contributed by atoms with Crippen molar-refractivity contribution in [3.8, 4) is 0 Å². The number of hydrogen-bond acceptors (Lipinski definition) is 10. The molecule has 2 aliphatic heterocycles. The van der Waals surface area contributed by atoms with Crippen LogP contribution in [0, 0.1) is 0 Å². The average Bonchev–Trinajstić information content (AvgIpc) is 3.18. The first-order chi connectivity index (χ1) is 26.7. The zero-order valence-corrected chi connectivity index (χ0v) is 32.3. The highest BCUT2D eigenvalue weighted by Gasteiger charge is 2.37. The Morgan fingerprint density at radius 3 is 2.32 bits per heavy atom. The third kappa shape index (κ3) is 10.5. The highest BCUT2D eigenvalue weighted by atomic mass is 35.5. The second-order valence-electron chi connectivity index (χ2n) is 14.0. The summed E-state index contributed by atoms with van der Waals surface area (Å²) in [5.74, 6) is -0.492. The molecule has 0 radical (unpaired) electrons. The summed E-state index contributed by atoms with van der Waals surface area (Å²) in [5.41, 5.74) is 6.22. The van der Waals surface area contributed by atoms with Crippen LogP contribution >= 0.6 is 11.6 Å². The van der Waals surface area contributed by atoms with Crippen molar-refractivity contribution < 1.29 is 41.8 Å². The SMILES string of the molecule is CNc1ccccc1CCN(C=O)C1CCN(C(=O)O[C@H](Cc2cc(Cl)c(N)c(C(F)(F)F)c2)C(=O)N2CCN(c3ccc(C(=O)OC(C)C)cn3)CC2)CC1. The molecule has 2 saturated heterocycles. The number of halogens is 4. The Bertz CT molecular complexity index is 1850. The van der Waals surface area contributed by atoms with E-state index in [2.05, 4.69) is 10.3 Å². The molecule has 3 amide bonds. The van der Waals surface area contributed by atoms with Crippen LogP contribution in [0.25, 0.3) is 0 Å². The Kier molecular flexibility index (Phi) is 13.9. The number of nitrogens with zero attached hydrogens (tertiary/aromatic N) is 5. The van der Waals surface area contributed by atoms with Crippen molar-refractivity contribution in [2.75, 3.05) is 68.8 Å². The van der Waals surface area contributed by atoms with Crippen LogP contribution in [0.3, 0.4) is 0 Å². The van der Waals surface area contributed by atoms with Gasteiger partial charge in [0.15, 0.2) is 6.10 Å². The number of para-hydroxylation sites is 1. The molecule has 0 saturated carbocycles. The number of likely N-dealkylation sites (tertiary alicyclic amines) is 1. The lowest BCUT2D eigenvalue weighted by molar-refractivity contribution is -0.141. The predicted molar refractivity (Wildman–Crippen MR) is 205 cm³/mol. The van der Waals surface area contributed by atoms with Crippen LogP contribution in [0.2, 0.25) is 5.02 Å². The summed E-state index contributed by atoms with van der Waals surface area (Å²) in [4.78, 5) is 62.9. The first-order valence-electron chi connectivity index (χ1n) is 18.5. The number of alkyl halides is 3. The van der Waals surface area contributed by atoms with Crippen molar-refractivity contribution in [1.29, 1.82) is 0 Å². The molecule has 2 fully saturated rings. The molecule has 0 unspecified atom stereocenters. The summed E-state index contributed by atoms with van der Waals surface area (Å²) in [7, 11) is 1.84. The molecule has 5 rings (SSSR count). The van der Waals surface area contributed by atoms with Gasteiger partial charge in [0.1, 0.15) is 5.82 Å². The predicted octanol–water partition coefficient (Wildman–Crippen LogP) is 5.50. The van der Waals surface area contributed by atoms with Crippen molar-refractivity contribution in [3.05, 3.63) is 82.0 Å². The van der Waals surface area contributed by atoms with Gasteiger partial charge in [0.05, 0.1) is 27.9 Å². The number of nitrogens with one attached hydrogen (secondary N) is 1. The Labute approximate surface area is 328 Å². The maximum atomic E-state index is 14.0. The van der Waals surface area contributed by atoms with Crippen molar-refractivity contribution in [2.45, 2.75) is 64.0 Å². The average molecular weight is 802 g/mol. The molecule has 0 bridgehead atoms. The van der Waals surface area contributed by atoms with Gasteiger partial charge in [-0.3, -0.25) is 9.59 Å². The van der Waals surface area contributed by atoms with E-state index in [1.807, 2.05) is 36.2 Å². The van der Waals surface area contributed by atoms with Crippen molar-refractivity contribution in [3.63, 3.8) is 0 Å². The van der Waals surface area contributed by atoms with Crippen LogP contribution < -0.4 is 16.0 Å². The van der Waals surface area contributed by atoms with E-state index in [1.165, 1.54) is 22.1 Å². The lowest BCUT2D eigenvalue weighted by Gasteiger charge is -2.38. The van der Waals surface area contributed by atoms with Gasteiger partial charge in [0.25, 0.3) is 5.91 Å². The summed E-state index contributed by atoms with van der Waals surface area (Å²) in [6, 6.07) is 13.1. The molecule has 2 aromatic carbocycles. The van der Waals surface area contributed by atoms with Crippen LogP contribution in [0.4, 0.5) is 35.2 Å². The van der Waals surface area contributed by atoms with E-state index in [9.17, 15) is 32.3 Å². The third-order valence-electron chi connectivity index (χ3n) is 9.93. The second kappa shape index (κ2) is 18.6. The molecule has 0 aliphatic carbocycles. The minimum Gasteiger partial charge on any atom is -0.459 e. The summed E-state index contributed by atoms with van der Waals surface area (Å²) in [6.45, 7) is 5.57. The molecule has 1 aromatic heterocycles. The Balaban J connectivity index is 1.25. The fourth-order valence-corrected chi connectivity index (χ4v) is 7.13. The molecule has 3 aromatic rings. The third-order valence-corrected chi connectivity index (χ3v) is 10.2. The Morgan fingerprint density at radius 2 is 1.71 bits per heavy atom. The van der Waals surface area contributed by atoms with Gasteiger partial charge in [-0.05, 0) is 74.6 Å². The van der Waals surface area contributed by atoms with E-state index < -0.39 is 41.5 Å². The summed E-state index contributed by atoms with van der Waals surface area (Å²) in [5, 5.41) is 2.82. The molecule has 302 valence electrons. The van der Waals surface area contributed by atoms with Crippen LogP contribution in [0.1, 0.15) is 53.7 Å². The molecule has 17 heteroatoms. The molecular weight excluding hydrogens is 755 g/mol. The minimum atomic E-state index is -4.81. The van der Waals surface area contributed by atoms with E-state index in [0.717, 1.165) is 23.7 Å². The number of nitrogens with two attached hydrogens (primary N) is 1. The van der Waals surface area contributed by atoms with Crippen molar-refractivity contribution in [2.24, 2.45) is 0 Å². The standard InChI is InChI=1S/C39H47ClF3N7O6/c1-25(2)55-37(53)28-8-9-34(46-23-28)47-16-18-48(19-17-47)36(52)33(22-26-20-30(39(41,42)43)35(44)31(40)21-26)56-38(54)49-14-11-29(12-15-49)50(24-51)13-10-27-6-4-5-7-32(27)45-3/h4-9,20-21,23-25,29,33,45H,10-19,22,44H2,1-3H3/t33-/m1/s1. The van der Waals surface area contributed by atoms with Gasteiger partial charge in [-0.15, -0.1) is 0 Å². The molecular formula is C39H47ClF3N7O6. The molecule has 3 heterocycles. The first kappa shape index (κ1) is 41.9. The number of nitrogen functional groups attached to an aromatic ring is 1. The molecule has 0 spiro atoms. The van der Waals surface area contributed by atoms with Crippen LogP contribution in [-0.4, -0.2) is 115 Å². The van der Waals surface area contributed by atoms with Gasteiger partial charge < -0.3 is 40.1 Å². The highest BCUT2D eigenvalue weighted by molar-refractivity contribution is 6.33. The van der Waals surface area contributed by atoms with Gasteiger partial charge in [-0.1, -0.05) is 29.8 Å². The number of aromatic nitrogens is 1. The molecule has 56 heavy (non-hydrogen) atoms. The summed E-state index contributed by atoms with van der Waals surface area (Å²) >= 11 is 6.11. The first-order valence-corrected chi connectivity index (χ1v) is 18.8. The molecule has 1 atom stereocenters. The van der Waals surface area contributed by atoms with E-state index in [4.69, 9.17) is 26.8 Å². The lowest BCUT2D eigenvalue weighted by Crippen LogP contribution is -2.53. The Hall–Kier alpha value is -5.25. The van der Waals surface area contributed by atoms with Gasteiger partial charge in [0.2, 0.25) is 6.41 Å². The number of pyridine rings is 1. The summed E-state index contributed by atoms with van der Waals surface area (Å²) in [6.07, 6.45) is -3.93. The van der Waals surface area contributed by atoms with Crippen LogP contribution in [0.15, 0.2) is 54.7 Å². The number of carbonyl (C=O) groups is 4. The minimum absolute atomic E-state index is 0.0155. The number of amides is 3. The van der Waals surface area contributed by atoms with E-state index in [-0.39, 0.29) is 55.3 Å². The van der Waals surface area contributed by atoms with Gasteiger partial charge in [-0.25, -0.2) is 14.6 Å². The van der Waals surface area contributed by atoms with E-state index in [1.54, 1.807) is 30.9 Å². The fourth-order valence-electron chi connectivity index (χ4n) is 6.88. The molecule has 13 nitrogen and oxygen atoms in total. The quantitative estimate of drug-likeness (QED) is 0.129. The maximum absolute atomic E-state index is 14.0. The zero-order chi connectivity index (χ0) is 40.6. The topological polar surface area (TPSA) is 151 Å². The van der Waals surface area contributed by atoms with Crippen molar-refractivity contribution >= 4 is 53.2 Å². The smallest absolute Gasteiger partial charge is 0.418 e. The number of esters is 1. The van der Waals surface area contributed by atoms with Crippen molar-refractivity contribution in [1.82, 2.24) is 19.7 Å². The number of anilines is 3. The number of piperazine rings is 1. The zero-order valence-electron chi connectivity index (χ0n) is 31.6. The largest absolute Gasteiger partial charge is 0.459 e. The normalized spacial score (nSPS) is 15.7. The van der Waals surface area contributed by atoms with Crippen LogP contribution in [-0.2, 0) is 38.1 Å². The fraction of sp³-hybridized carbons (Fsp3) is 0.462. The Morgan fingerprint density at radius 1 is 1.02 bits per heavy atom. The number of piperidine rings is 1. The van der Waals surface area contributed by atoms with Gasteiger partial charge in [-0.2, -0.15) is 13.2 Å². The number of benzene rings is 2. The van der Waals surface area contributed by atoms with Gasteiger partial charge in [0, 0.05) is 77.2 Å². The number of hydrogen-bond donors (Lipinski definition) is 2. The second-order valence-corrected chi connectivity index (χ2v) is 14.4. The van der Waals surface area contributed by atoms with Crippen LogP contribution in [0.5, 0.6) is 0 Å². The molecule has 3 N–H and O–H groups in total. The monoisotopic (exact) mass is 801 g/mol. The molecule has 2 aliphatic rings. The van der Waals surface area contributed by atoms with Gasteiger partial charge >= 0.3 is 18.2 Å². The summed E-state index contributed by atoms with van der Waals surface area (Å²) < 4.78 is 52.6. The number of ether oxygens (including phenoxy) is 2. The van der Waals surface area contributed by atoms with E-state index >= 15 is 0 Å². The number of carbonyl (C=O) groups excluding carboxylic acids is 4.